The minimum Gasteiger partial charge on any atom is -0.392 e. The second-order valence-corrected chi connectivity index (χ2v) is 6.71. The maximum absolute atomic E-state index is 12.3. The van der Waals surface area contributed by atoms with Crippen molar-refractivity contribution in [3.05, 3.63) is 11.8 Å². The molecule has 0 spiro atoms. The molecule has 1 aromatic rings. The van der Waals surface area contributed by atoms with Crippen LogP contribution in [0.15, 0.2) is 11.2 Å². The van der Waals surface area contributed by atoms with Gasteiger partial charge in [-0.3, -0.25) is 5.10 Å². The molecule has 0 saturated heterocycles. The Balaban J connectivity index is 2.16. The zero-order chi connectivity index (χ0) is 13.9. The summed E-state index contributed by atoms with van der Waals surface area (Å²) in [6, 6.07) is -0.0152. The van der Waals surface area contributed by atoms with E-state index >= 15 is 0 Å². The molecule has 0 aliphatic heterocycles. The molecule has 1 heterocycles. The van der Waals surface area contributed by atoms with E-state index in [0.29, 0.717) is 11.5 Å². The molecule has 2 atom stereocenters. The Morgan fingerprint density at radius 3 is 2.89 bits per heavy atom. The average Bonchev–Trinajstić information content (AvgIpc) is 2.88. The number of hydrogen-bond acceptors (Lipinski definition) is 4. The molecule has 3 N–H and O–H groups in total. The van der Waals surface area contributed by atoms with Crippen molar-refractivity contribution in [3.8, 4) is 0 Å². The maximum atomic E-state index is 12.3. The highest BCUT2D eigenvalue weighted by Crippen LogP contribution is 2.28. The summed E-state index contributed by atoms with van der Waals surface area (Å²) in [5.74, 6) is 0.393. The van der Waals surface area contributed by atoms with Gasteiger partial charge in [-0.2, -0.15) is 5.10 Å². The van der Waals surface area contributed by atoms with Gasteiger partial charge in [0.25, 0.3) is 10.0 Å². The Bertz CT molecular complexity index is 512. The Labute approximate surface area is 113 Å². The summed E-state index contributed by atoms with van der Waals surface area (Å²) in [6.07, 6.45) is 6.48. The highest BCUT2D eigenvalue weighted by Gasteiger charge is 2.30. The van der Waals surface area contributed by atoms with Crippen LogP contribution in [0.3, 0.4) is 0 Å². The molecule has 19 heavy (non-hydrogen) atoms. The minimum atomic E-state index is -3.63. The standard InChI is InChI=1S/C12H21N3O3S/c1-2-9-5-3-4-6-11(9)15-19(17,18)12-10(8-16)7-13-14-12/h7,9,11,15-16H,2-6,8H2,1H3,(H,13,14). The minimum absolute atomic E-state index is 0.0152. The first-order valence-electron chi connectivity index (χ1n) is 6.74. The third-order valence-corrected chi connectivity index (χ3v) is 5.36. The number of nitrogens with zero attached hydrogens (tertiary/aromatic N) is 1. The second-order valence-electron chi connectivity index (χ2n) is 5.06. The Morgan fingerprint density at radius 2 is 2.21 bits per heavy atom. The van der Waals surface area contributed by atoms with E-state index in [4.69, 9.17) is 5.11 Å². The van der Waals surface area contributed by atoms with E-state index in [2.05, 4.69) is 21.8 Å². The number of sulfonamides is 1. The highest BCUT2D eigenvalue weighted by atomic mass is 32.2. The van der Waals surface area contributed by atoms with Crippen molar-refractivity contribution in [2.45, 2.75) is 56.7 Å². The van der Waals surface area contributed by atoms with E-state index in [1.54, 1.807) is 0 Å². The summed E-state index contributed by atoms with van der Waals surface area (Å²) in [4.78, 5) is 0. The third-order valence-electron chi connectivity index (χ3n) is 3.86. The number of rotatable bonds is 5. The van der Waals surface area contributed by atoms with Gasteiger partial charge >= 0.3 is 0 Å². The zero-order valence-corrected chi connectivity index (χ0v) is 11.9. The SMILES string of the molecule is CCC1CCCCC1NS(=O)(=O)c1[nH]ncc1CO. The molecule has 1 fully saturated rings. The van der Waals surface area contributed by atoms with Crippen LogP contribution in [0.4, 0.5) is 0 Å². The molecule has 0 aromatic carbocycles. The van der Waals surface area contributed by atoms with Crippen molar-refractivity contribution in [2.24, 2.45) is 5.92 Å². The van der Waals surface area contributed by atoms with E-state index in [-0.39, 0.29) is 17.7 Å². The fraction of sp³-hybridized carbons (Fsp3) is 0.750. The lowest BCUT2D eigenvalue weighted by Crippen LogP contribution is -2.42. The first-order chi connectivity index (χ1) is 9.08. The number of aliphatic hydroxyl groups excluding tert-OH is 1. The molecule has 1 aliphatic carbocycles. The summed E-state index contributed by atoms with van der Waals surface area (Å²) in [6.45, 7) is 1.75. The van der Waals surface area contributed by atoms with E-state index in [0.717, 1.165) is 25.7 Å². The first-order valence-corrected chi connectivity index (χ1v) is 8.22. The fourth-order valence-electron chi connectivity index (χ4n) is 2.75. The van der Waals surface area contributed by atoms with E-state index in [9.17, 15) is 8.42 Å². The van der Waals surface area contributed by atoms with E-state index in [1.807, 2.05) is 0 Å². The normalized spacial score (nSPS) is 24.5. The number of hydrogen-bond donors (Lipinski definition) is 3. The van der Waals surface area contributed by atoms with Gasteiger partial charge in [0.05, 0.1) is 12.8 Å². The third kappa shape index (κ3) is 3.16. The van der Waals surface area contributed by atoms with Crippen molar-refractivity contribution in [1.29, 1.82) is 0 Å². The smallest absolute Gasteiger partial charge is 0.258 e. The highest BCUT2D eigenvalue weighted by molar-refractivity contribution is 7.89. The van der Waals surface area contributed by atoms with Crippen LogP contribution in [0, 0.1) is 5.92 Å². The topological polar surface area (TPSA) is 95.1 Å². The van der Waals surface area contributed by atoms with Crippen molar-refractivity contribution in [2.75, 3.05) is 0 Å². The average molecular weight is 287 g/mol. The van der Waals surface area contributed by atoms with Crippen molar-refractivity contribution in [1.82, 2.24) is 14.9 Å². The van der Waals surface area contributed by atoms with Crippen molar-refractivity contribution in [3.63, 3.8) is 0 Å². The van der Waals surface area contributed by atoms with Crippen LogP contribution in [0.25, 0.3) is 0 Å². The quantitative estimate of drug-likeness (QED) is 0.757. The molecule has 0 amide bonds. The summed E-state index contributed by atoms with van der Waals surface area (Å²) in [5.41, 5.74) is 0.302. The molecule has 7 heteroatoms. The van der Waals surface area contributed by atoms with Crippen LogP contribution in [-0.4, -0.2) is 29.8 Å². The number of aliphatic hydroxyl groups is 1. The number of nitrogens with one attached hydrogen (secondary N) is 2. The summed E-state index contributed by atoms with van der Waals surface area (Å²) in [7, 11) is -3.63. The molecule has 108 valence electrons. The predicted octanol–water partition coefficient (Wildman–Crippen LogP) is 1.15. The van der Waals surface area contributed by atoms with Crippen LogP contribution >= 0.6 is 0 Å². The summed E-state index contributed by atoms with van der Waals surface area (Å²) >= 11 is 0. The predicted molar refractivity (Wildman–Crippen MR) is 70.9 cm³/mol. The van der Waals surface area contributed by atoms with Crippen LogP contribution in [0.1, 0.15) is 44.6 Å². The van der Waals surface area contributed by atoms with E-state index < -0.39 is 10.0 Å². The lowest BCUT2D eigenvalue weighted by atomic mass is 9.83. The van der Waals surface area contributed by atoms with Gasteiger partial charge in [-0.05, 0) is 18.8 Å². The molecule has 0 bridgehead atoms. The Morgan fingerprint density at radius 1 is 1.47 bits per heavy atom. The summed E-state index contributed by atoms with van der Waals surface area (Å²) < 4.78 is 27.4. The van der Waals surface area contributed by atoms with Gasteiger partial charge in [0, 0.05) is 11.6 Å². The fourth-order valence-corrected chi connectivity index (χ4v) is 4.22. The van der Waals surface area contributed by atoms with Gasteiger partial charge in [-0.25, -0.2) is 13.1 Å². The Kier molecular flexibility index (Phi) is 4.59. The second kappa shape index (κ2) is 6.02. The van der Waals surface area contributed by atoms with Crippen LogP contribution in [0.2, 0.25) is 0 Å². The van der Waals surface area contributed by atoms with Crippen LogP contribution in [0.5, 0.6) is 0 Å². The lowest BCUT2D eigenvalue weighted by Gasteiger charge is -2.31. The van der Waals surface area contributed by atoms with Crippen LogP contribution in [-0.2, 0) is 16.6 Å². The molecule has 1 saturated carbocycles. The van der Waals surface area contributed by atoms with Gasteiger partial charge in [-0.15, -0.1) is 0 Å². The Hall–Kier alpha value is -0.920. The zero-order valence-electron chi connectivity index (χ0n) is 11.1. The molecular weight excluding hydrogens is 266 g/mol. The molecule has 2 unspecified atom stereocenters. The van der Waals surface area contributed by atoms with Gasteiger partial charge < -0.3 is 5.11 Å². The summed E-state index contributed by atoms with van der Waals surface area (Å²) in [5, 5.41) is 15.3. The van der Waals surface area contributed by atoms with Crippen LogP contribution < -0.4 is 4.72 Å². The monoisotopic (exact) mass is 287 g/mol. The van der Waals surface area contributed by atoms with Gasteiger partial charge in [-0.1, -0.05) is 26.2 Å². The number of H-pyrrole nitrogens is 1. The van der Waals surface area contributed by atoms with Crippen molar-refractivity contribution < 1.29 is 13.5 Å². The molecule has 1 aromatic heterocycles. The molecule has 0 radical (unpaired) electrons. The van der Waals surface area contributed by atoms with Gasteiger partial charge in [0.2, 0.25) is 0 Å². The molecular formula is C12H21N3O3S. The number of aromatic amines is 1. The lowest BCUT2D eigenvalue weighted by molar-refractivity contribution is 0.276. The van der Waals surface area contributed by atoms with E-state index in [1.165, 1.54) is 12.6 Å². The van der Waals surface area contributed by atoms with Gasteiger partial charge in [0.1, 0.15) is 0 Å². The first kappa shape index (κ1) is 14.5. The molecule has 1 aliphatic rings. The maximum Gasteiger partial charge on any atom is 0.258 e. The number of aromatic nitrogens is 2. The van der Waals surface area contributed by atoms with Crippen molar-refractivity contribution >= 4 is 10.0 Å². The molecule has 6 nitrogen and oxygen atoms in total. The largest absolute Gasteiger partial charge is 0.392 e. The van der Waals surface area contributed by atoms with Gasteiger partial charge in [0.15, 0.2) is 5.03 Å². The molecule has 2 rings (SSSR count).